The van der Waals surface area contributed by atoms with E-state index >= 15 is 0 Å². The van der Waals surface area contributed by atoms with Gasteiger partial charge in [-0.15, -0.1) is 0 Å². The minimum absolute atomic E-state index is 0.180. The van der Waals surface area contributed by atoms with Crippen LogP contribution in [0.3, 0.4) is 0 Å². The predicted molar refractivity (Wildman–Crippen MR) is 106 cm³/mol. The molecule has 2 atom stereocenters. The minimum atomic E-state index is -0.949. The molecule has 2 aliphatic rings. The molecule has 0 bridgehead atoms. The minimum Gasteiger partial charge on any atom is -0.477 e. The molecule has 0 unspecified atom stereocenters. The van der Waals surface area contributed by atoms with Gasteiger partial charge in [0.1, 0.15) is 10.4 Å². The number of carboxylic acid groups (broad SMARTS) is 1. The molecule has 2 aromatic rings. The van der Waals surface area contributed by atoms with Crippen LogP contribution in [0.4, 0.5) is 0 Å². The Bertz CT molecular complexity index is 941. The molecule has 7 heteroatoms. The van der Waals surface area contributed by atoms with Crippen LogP contribution in [-0.4, -0.2) is 21.1 Å². The van der Waals surface area contributed by atoms with Gasteiger partial charge in [0.2, 0.25) is 0 Å². The molecule has 26 heavy (non-hydrogen) atoms. The molecule has 0 saturated heterocycles. The molecule has 132 valence electrons. The number of fused-ring (bicyclic) bond motifs is 1. The van der Waals surface area contributed by atoms with Gasteiger partial charge in [-0.3, -0.25) is 0 Å². The molecule has 0 spiro atoms. The number of carbonyl (C=O) groups is 1. The van der Waals surface area contributed by atoms with Gasteiger partial charge in [-0.05, 0) is 54.1 Å². The average Bonchev–Trinajstić information content (AvgIpc) is 3.12. The largest absolute Gasteiger partial charge is 0.477 e. The maximum Gasteiger partial charge on any atom is 0.344 e. The predicted octanol–water partition coefficient (Wildman–Crippen LogP) is 5.29. The summed E-state index contributed by atoms with van der Waals surface area (Å²) in [5.74, 6) is -0.949. The van der Waals surface area contributed by atoms with Gasteiger partial charge >= 0.3 is 5.97 Å². The zero-order valence-corrected chi connectivity index (χ0v) is 16.0. The first kappa shape index (κ1) is 17.5. The summed E-state index contributed by atoms with van der Waals surface area (Å²) in [7, 11) is 0. The number of rotatable bonds is 3. The molecule has 1 N–H and O–H groups in total. The number of halogens is 2. The lowest BCUT2D eigenvalue weighted by atomic mass is 9.82. The molecule has 0 aliphatic carbocycles. The van der Waals surface area contributed by atoms with Gasteiger partial charge in [-0.1, -0.05) is 47.5 Å². The lowest BCUT2D eigenvalue weighted by molar-refractivity contribution is -0.131. The molecule has 0 aromatic heterocycles. The topological polar surface area (TPSA) is 52.9 Å². The average molecular weight is 405 g/mol. The van der Waals surface area contributed by atoms with Crippen molar-refractivity contribution in [3.63, 3.8) is 0 Å². The van der Waals surface area contributed by atoms with Crippen LogP contribution in [-0.2, 0) is 10.3 Å². The summed E-state index contributed by atoms with van der Waals surface area (Å²) < 4.78 is 0. The number of amidine groups is 1. The number of carboxylic acids is 1. The third-order valence-corrected chi connectivity index (χ3v) is 6.13. The second kappa shape index (κ2) is 6.34. The van der Waals surface area contributed by atoms with Crippen molar-refractivity contribution in [3.8, 4) is 0 Å². The fraction of sp³-hybridized carbons (Fsp3) is 0.158. The van der Waals surface area contributed by atoms with Crippen LogP contribution in [0.1, 0.15) is 24.1 Å². The first-order valence-electron chi connectivity index (χ1n) is 7.91. The van der Waals surface area contributed by atoms with Crippen molar-refractivity contribution >= 4 is 46.1 Å². The van der Waals surface area contributed by atoms with Crippen molar-refractivity contribution in [2.75, 3.05) is 0 Å². The Morgan fingerprint density at radius 2 is 1.69 bits per heavy atom. The quantitative estimate of drug-likeness (QED) is 0.754. The third-order valence-electron chi connectivity index (χ3n) is 4.64. The Morgan fingerprint density at radius 3 is 2.27 bits per heavy atom. The van der Waals surface area contributed by atoms with Crippen LogP contribution in [0.5, 0.6) is 0 Å². The summed E-state index contributed by atoms with van der Waals surface area (Å²) in [4.78, 5) is 18.5. The number of thioether (sulfide) groups is 1. The molecule has 0 radical (unpaired) electrons. The molecule has 2 heterocycles. The van der Waals surface area contributed by atoms with E-state index in [0.717, 1.165) is 11.1 Å². The third kappa shape index (κ3) is 2.80. The Morgan fingerprint density at radius 1 is 1.12 bits per heavy atom. The number of aliphatic carboxylic acids is 1. The normalized spacial score (nSPS) is 24.3. The van der Waals surface area contributed by atoms with Crippen molar-refractivity contribution < 1.29 is 9.90 Å². The molecule has 2 aliphatic heterocycles. The van der Waals surface area contributed by atoms with Gasteiger partial charge in [-0.2, -0.15) is 0 Å². The highest BCUT2D eigenvalue weighted by Crippen LogP contribution is 2.52. The fourth-order valence-electron chi connectivity index (χ4n) is 3.39. The number of hydrogen-bond donors (Lipinski definition) is 1. The summed E-state index contributed by atoms with van der Waals surface area (Å²) >= 11 is 13.3. The van der Waals surface area contributed by atoms with Crippen molar-refractivity contribution in [2.24, 2.45) is 4.99 Å². The number of hydrogen-bond acceptors (Lipinski definition) is 4. The fourth-order valence-corrected chi connectivity index (χ4v) is 4.60. The van der Waals surface area contributed by atoms with Crippen LogP contribution in [0.2, 0.25) is 10.0 Å². The summed E-state index contributed by atoms with van der Waals surface area (Å²) in [6.07, 6.45) is 1.66. The molecule has 4 rings (SSSR count). The van der Waals surface area contributed by atoms with E-state index in [0.29, 0.717) is 15.2 Å². The van der Waals surface area contributed by atoms with Crippen molar-refractivity contribution in [2.45, 2.75) is 18.5 Å². The van der Waals surface area contributed by atoms with E-state index in [1.165, 1.54) is 11.8 Å². The first-order valence-corrected chi connectivity index (χ1v) is 9.48. The van der Waals surface area contributed by atoms with Crippen LogP contribution in [0.15, 0.2) is 64.6 Å². The Hall–Kier alpha value is -1.95. The van der Waals surface area contributed by atoms with E-state index in [1.54, 1.807) is 6.20 Å². The number of benzene rings is 2. The Labute approximate surface area is 165 Å². The van der Waals surface area contributed by atoms with E-state index < -0.39 is 11.5 Å². The molecular weight excluding hydrogens is 391 g/mol. The van der Waals surface area contributed by atoms with Crippen LogP contribution in [0, 0.1) is 0 Å². The summed E-state index contributed by atoms with van der Waals surface area (Å²) in [5.41, 5.74) is 1.44. The zero-order valence-electron chi connectivity index (χ0n) is 13.7. The van der Waals surface area contributed by atoms with E-state index in [1.807, 2.05) is 53.4 Å². The van der Waals surface area contributed by atoms with Crippen LogP contribution < -0.4 is 0 Å². The van der Waals surface area contributed by atoms with Gasteiger partial charge in [0, 0.05) is 16.2 Å². The molecule has 2 aromatic carbocycles. The van der Waals surface area contributed by atoms with Gasteiger partial charge in [-0.25, -0.2) is 9.79 Å². The van der Waals surface area contributed by atoms with Gasteiger partial charge in [0.15, 0.2) is 5.17 Å². The second-order valence-corrected chi connectivity index (χ2v) is 8.19. The highest BCUT2D eigenvalue weighted by molar-refractivity contribution is 8.18. The van der Waals surface area contributed by atoms with Crippen LogP contribution >= 0.6 is 35.0 Å². The number of nitrogens with zero attached hydrogens (tertiary/aromatic N) is 2. The van der Waals surface area contributed by atoms with E-state index in [2.05, 4.69) is 6.92 Å². The monoisotopic (exact) mass is 404 g/mol. The van der Waals surface area contributed by atoms with E-state index in [4.69, 9.17) is 28.2 Å². The molecule has 0 saturated carbocycles. The lowest BCUT2D eigenvalue weighted by Crippen LogP contribution is -2.32. The van der Waals surface area contributed by atoms with Gasteiger partial charge in [0.05, 0.1) is 6.04 Å². The Kier molecular flexibility index (Phi) is 4.26. The van der Waals surface area contributed by atoms with Crippen molar-refractivity contribution in [1.29, 1.82) is 0 Å². The maximum absolute atomic E-state index is 11.4. The standard InChI is InChI=1S/C19H14Cl2N2O2S/c1-19(12-4-8-14(21)9-5-12)16(11-2-6-13(20)7-3-11)23-10-15(17(24)25)26-18(23)22-19/h2-10,16H,1H3,(H,24,25)/t16-,19+/m1/s1. The number of aliphatic imine (C=N–C) groups is 1. The maximum atomic E-state index is 11.4. The molecule has 0 fully saturated rings. The van der Waals surface area contributed by atoms with Crippen molar-refractivity contribution in [1.82, 2.24) is 4.90 Å². The van der Waals surface area contributed by atoms with E-state index in [9.17, 15) is 9.90 Å². The highest BCUT2D eigenvalue weighted by atomic mass is 35.5. The van der Waals surface area contributed by atoms with E-state index in [-0.39, 0.29) is 10.9 Å². The first-order chi connectivity index (χ1) is 12.4. The molecule has 4 nitrogen and oxygen atoms in total. The summed E-state index contributed by atoms with van der Waals surface area (Å²) in [5, 5.41) is 11.3. The highest BCUT2D eigenvalue weighted by Gasteiger charge is 2.49. The Balaban J connectivity index is 1.84. The molecular formula is C19H14Cl2N2O2S. The lowest BCUT2D eigenvalue weighted by Gasteiger charge is -2.33. The SMILES string of the molecule is C[C@@]1(c2ccc(Cl)cc2)N=C2SC(C(=O)O)=CN2[C@@H]1c1ccc(Cl)cc1. The van der Waals surface area contributed by atoms with Crippen molar-refractivity contribution in [3.05, 3.63) is 80.8 Å². The second-order valence-electron chi connectivity index (χ2n) is 6.31. The summed E-state index contributed by atoms with van der Waals surface area (Å²) in [6, 6.07) is 15.0. The molecule has 0 amide bonds. The summed E-state index contributed by atoms with van der Waals surface area (Å²) in [6.45, 7) is 2.05. The zero-order chi connectivity index (χ0) is 18.5. The van der Waals surface area contributed by atoms with Crippen LogP contribution in [0.25, 0.3) is 0 Å². The smallest absolute Gasteiger partial charge is 0.344 e. The van der Waals surface area contributed by atoms with Gasteiger partial charge < -0.3 is 10.0 Å². The van der Waals surface area contributed by atoms with Gasteiger partial charge in [0.25, 0.3) is 0 Å².